The second-order valence-electron chi connectivity index (χ2n) is 6.31. The lowest BCUT2D eigenvalue weighted by Crippen LogP contribution is -2.67. The smallest absolute Gasteiger partial charge is 0.240 e. The molecule has 6 heteroatoms. The van der Waals surface area contributed by atoms with Gasteiger partial charge in [0.05, 0.1) is 35.5 Å². The normalized spacial score (nSPS) is 27.4. The van der Waals surface area contributed by atoms with Gasteiger partial charge in [-0.25, -0.2) is 0 Å². The maximum Gasteiger partial charge on any atom is 0.240 e. The highest BCUT2D eigenvalue weighted by Gasteiger charge is 2.52. The number of amides is 1. The molecule has 2 aliphatic heterocycles. The Kier molecular flexibility index (Phi) is 2.93. The Morgan fingerprint density at radius 3 is 2.90 bits per heavy atom. The standard InChI is InChI=1S/C14H19BrN4O/c15-10-7-17-19-6-5-18(8-11(10)19)13(20)12-14(9-16-12)3-1-2-4-14/h7,12,16H,1-6,8-9H2/t12-/m1/s1. The third-order valence-corrected chi connectivity index (χ3v) is 5.91. The van der Waals surface area contributed by atoms with Gasteiger partial charge < -0.3 is 10.2 Å². The molecule has 3 aliphatic rings. The van der Waals surface area contributed by atoms with Crippen LogP contribution in [-0.2, 0) is 17.9 Å². The number of rotatable bonds is 1. The summed E-state index contributed by atoms with van der Waals surface area (Å²) < 4.78 is 3.00. The summed E-state index contributed by atoms with van der Waals surface area (Å²) in [6.07, 6.45) is 6.81. The summed E-state index contributed by atoms with van der Waals surface area (Å²) in [5.74, 6) is 0.289. The molecular formula is C14H19BrN4O. The van der Waals surface area contributed by atoms with Crippen LogP contribution < -0.4 is 5.32 Å². The zero-order valence-electron chi connectivity index (χ0n) is 11.4. The van der Waals surface area contributed by atoms with Gasteiger partial charge in [-0.2, -0.15) is 5.10 Å². The maximum absolute atomic E-state index is 12.8. The molecule has 0 unspecified atom stereocenters. The number of nitrogens with one attached hydrogen (secondary N) is 1. The summed E-state index contributed by atoms with van der Waals surface area (Å²) in [5, 5.41) is 7.70. The Morgan fingerprint density at radius 1 is 1.40 bits per heavy atom. The van der Waals surface area contributed by atoms with E-state index < -0.39 is 0 Å². The first-order chi connectivity index (χ1) is 9.70. The van der Waals surface area contributed by atoms with Crippen LogP contribution in [0, 0.1) is 5.41 Å². The molecule has 1 spiro atoms. The van der Waals surface area contributed by atoms with Gasteiger partial charge in [0.1, 0.15) is 0 Å². The van der Waals surface area contributed by atoms with E-state index in [9.17, 15) is 4.79 Å². The van der Waals surface area contributed by atoms with Crippen molar-refractivity contribution < 1.29 is 4.79 Å². The molecule has 4 rings (SSSR count). The van der Waals surface area contributed by atoms with Crippen molar-refractivity contribution in [3.05, 3.63) is 16.4 Å². The number of carbonyl (C=O) groups excluding carboxylic acids is 1. The van der Waals surface area contributed by atoms with Gasteiger partial charge >= 0.3 is 0 Å². The van der Waals surface area contributed by atoms with Gasteiger partial charge in [0.25, 0.3) is 0 Å². The molecule has 5 nitrogen and oxygen atoms in total. The Bertz CT molecular complexity index is 549. The van der Waals surface area contributed by atoms with Crippen LogP contribution in [0.25, 0.3) is 0 Å². The quantitative estimate of drug-likeness (QED) is 0.844. The summed E-state index contributed by atoms with van der Waals surface area (Å²) in [6.45, 7) is 3.27. The van der Waals surface area contributed by atoms with E-state index in [1.807, 2.05) is 15.8 Å². The highest BCUT2D eigenvalue weighted by Crippen LogP contribution is 2.46. The Balaban J connectivity index is 1.51. The van der Waals surface area contributed by atoms with E-state index >= 15 is 0 Å². The van der Waals surface area contributed by atoms with Crippen LogP contribution >= 0.6 is 15.9 Å². The van der Waals surface area contributed by atoms with E-state index in [0.29, 0.717) is 6.54 Å². The molecule has 2 fully saturated rings. The molecule has 108 valence electrons. The molecule has 20 heavy (non-hydrogen) atoms. The molecule has 1 saturated heterocycles. The minimum Gasteiger partial charge on any atom is -0.334 e. The van der Waals surface area contributed by atoms with Gasteiger partial charge in [0, 0.05) is 18.5 Å². The van der Waals surface area contributed by atoms with E-state index in [-0.39, 0.29) is 17.4 Å². The fourth-order valence-electron chi connectivity index (χ4n) is 3.97. The lowest BCUT2D eigenvalue weighted by molar-refractivity contribution is -0.143. The van der Waals surface area contributed by atoms with Gasteiger partial charge in [-0.3, -0.25) is 9.48 Å². The van der Waals surface area contributed by atoms with Crippen LogP contribution in [0.4, 0.5) is 0 Å². The topological polar surface area (TPSA) is 50.2 Å². The number of carbonyl (C=O) groups is 1. The Morgan fingerprint density at radius 2 is 2.20 bits per heavy atom. The Hall–Kier alpha value is -0.880. The summed E-state index contributed by atoms with van der Waals surface area (Å²) >= 11 is 3.52. The first-order valence-corrected chi connectivity index (χ1v) is 8.21. The van der Waals surface area contributed by atoms with E-state index in [2.05, 4.69) is 26.3 Å². The van der Waals surface area contributed by atoms with E-state index in [1.54, 1.807) is 0 Å². The van der Waals surface area contributed by atoms with Crippen molar-refractivity contribution in [1.29, 1.82) is 0 Å². The summed E-state index contributed by atoms with van der Waals surface area (Å²) in [7, 11) is 0. The fraction of sp³-hybridized carbons (Fsp3) is 0.714. The van der Waals surface area contributed by atoms with Crippen LogP contribution in [0.3, 0.4) is 0 Å². The number of hydrogen-bond acceptors (Lipinski definition) is 3. The van der Waals surface area contributed by atoms with Crippen molar-refractivity contribution >= 4 is 21.8 Å². The van der Waals surface area contributed by atoms with E-state index in [0.717, 1.165) is 29.8 Å². The second-order valence-corrected chi connectivity index (χ2v) is 7.16. The monoisotopic (exact) mass is 338 g/mol. The third kappa shape index (κ3) is 1.77. The van der Waals surface area contributed by atoms with Gasteiger partial charge in [-0.15, -0.1) is 0 Å². The summed E-state index contributed by atoms with van der Waals surface area (Å²) in [6, 6.07) is 0.0539. The zero-order chi connectivity index (χ0) is 13.7. The molecule has 0 aromatic carbocycles. The van der Waals surface area contributed by atoms with Crippen LogP contribution in [0.2, 0.25) is 0 Å². The predicted molar refractivity (Wildman–Crippen MR) is 78.0 cm³/mol. The molecule has 3 heterocycles. The van der Waals surface area contributed by atoms with E-state index in [1.165, 1.54) is 25.7 Å². The molecule has 1 N–H and O–H groups in total. The average molecular weight is 339 g/mol. The molecular weight excluding hydrogens is 320 g/mol. The van der Waals surface area contributed by atoms with Crippen molar-refractivity contribution in [3.8, 4) is 0 Å². The van der Waals surface area contributed by atoms with E-state index in [4.69, 9.17) is 0 Å². The highest BCUT2D eigenvalue weighted by atomic mass is 79.9. The maximum atomic E-state index is 12.8. The van der Waals surface area contributed by atoms with Gasteiger partial charge in [-0.05, 0) is 28.8 Å². The molecule has 0 bridgehead atoms. The molecule has 1 amide bonds. The molecule has 1 aromatic rings. The second kappa shape index (κ2) is 4.56. The molecule has 1 saturated carbocycles. The van der Waals surface area contributed by atoms with Crippen LogP contribution in [0.15, 0.2) is 10.7 Å². The van der Waals surface area contributed by atoms with Crippen molar-refractivity contribution in [2.24, 2.45) is 5.41 Å². The average Bonchev–Trinajstić information content (AvgIpc) is 3.06. The van der Waals surface area contributed by atoms with Crippen LogP contribution in [0.5, 0.6) is 0 Å². The molecule has 0 radical (unpaired) electrons. The van der Waals surface area contributed by atoms with Gasteiger partial charge in [-0.1, -0.05) is 12.8 Å². The summed E-state index contributed by atoms with van der Waals surface area (Å²) in [4.78, 5) is 14.8. The highest BCUT2D eigenvalue weighted by molar-refractivity contribution is 9.10. The largest absolute Gasteiger partial charge is 0.334 e. The number of aromatic nitrogens is 2. The van der Waals surface area contributed by atoms with Crippen molar-refractivity contribution in [3.63, 3.8) is 0 Å². The minimum atomic E-state index is 0.0539. The van der Waals surface area contributed by atoms with Gasteiger partial charge in [0.15, 0.2) is 0 Å². The van der Waals surface area contributed by atoms with Crippen molar-refractivity contribution in [2.45, 2.75) is 44.8 Å². The number of hydrogen-bond donors (Lipinski definition) is 1. The first-order valence-electron chi connectivity index (χ1n) is 7.42. The van der Waals surface area contributed by atoms with Crippen LogP contribution in [0.1, 0.15) is 31.4 Å². The Labute approximate surface area is 126 Å². The number of halogens is 1. The molecule has 1 aromatic heterocycles. The number of fused-ring (bicyclic) bond motifs is 1. The third-order valence-electron chi connectivity index (χ3n) is 5.25. The number of nitrogens with zero attached hydrogens (tertiary/aromatic N) is 3. The SMILES string of the molecule is O=C([C@H]1NCC12CCCC2)N1CCn2ncc(Br)c2C1. The van der Waals surface area contributed by atoms with Crippen molar-refractivity contribution in [2.75, 3.05) is 13.1 Å². The lowest BCUT2D eigenvalue weighted by Gasteiger charge is -2.49. The van der Waals surface area contributed by atoms with Crippen LogP contribution in [-0.4, -0.2) is 39.7 Å². The molecule has 1 atom stereocenters. The first kappa shape index (κ1) is 12.8. The van der Waals surface area contributed by atoms with Crippen molar-refractivity contribution in [1.82, 2.24) is 20.0 Å². The zero-order valence-corrected chi connectivity index (χ0v) is 13.0. The van der Waals surface area contributed by atoms with Gasteiger partial charge in [0.2, 0.25) is 5.91 Å². The predicted octanol–water partition coefficient (Wildman–Crippen LogP) is 1.52. The fourth-order valence-corrected chi connectivity index (χ4v) is 4.39. The lowest BCUT2D eigenvalue weighted by atomic mass is 9.71. The minimum absolute atomic E-state index is 0.0539. The summed E-state index contributed by atoms with van der Waals surface area (Å²) in [5.41, 5.74) is 1.39. The molecule has 1 aliphatic carbocycles.